The topological polar surface area (TPSA) is 29.3 Å². The van der Waals surface area contributed by atoms with Gasteiger partial charge in [0.25, 0.3) is 0 Å². The number of hydrogen-bond donors (Lipinski definition) is 1. The minimum atomic E-state index is 0.475. The highest BCUT2D eigenvalue weighted by Crippen LogP contribution is 2.51. The SMILES string of the molecule is CN1CC(N)C2(CC2)C1. The molecule has 1 spiro atoms. The Bertz CT molecular complexity index is 129. The van der Waals surface area contributed by atoms with E-state index in [-0.39, 0.29) is 0 Å². The third kappa shape index (κ3) is 0.700. The van der Waals surface area contributed by atoms with E-state index in [0.29, 0.717) is 11.5 Å². The molecule has 0 radical (unpaired) electrons. The average molecular weight is 126 g/mol. The van der Waals surface area contributed by atoms with Gasteiger partial charge < -0.3 is 10.6 Å². The molecule has 2 nitrogen and oxygen atoms in total. The van der Waals surface area contributed by atoms with E-state index in [1.807, 2.05) is 0 Å². The van der Waals surface area contributed by atoms with Crippen molar-refractivity contribution < 1.29 is 0 Å². The first-order chi connectivity index (χ1) is 4.23. The summed E-state index contributed by atoms with van der Waals surface area (Å²) in [5.74, 6) is 0. The molecule has 0 amide bonds. The number of likely N-dealkylation sites (N-methyl/N-ethyl adjacent to an activating group) is 1. The lowest BCUT2D eigenvalue weighted by Gasteiger charge is -2.08. The summed E-state index contributed by atoms with van der Waals surface area (Å²) < 4.78 is 0. The van der Waals surface area contributed by atoms with Crippen LogP contribution in [-0.2, 0) is 0 Å². The molecule has 2 N–H and O–H groups in total. The molecule has 1 aliphatic heterocycles. The Hall–Kier alpha value is -0.0800. The zero-order valence-corrected chi connectivity index (χ0v) is 5.93. The smallest absolute Gasteiger partial charge is 0.0237 e. The van der Waals surface area contributed by atoms with Crippen LogP contribution in [0, 0.1) is 5.41 Å². The second kappa shape index (κ2) is 1.50. The summed E-state index contributed by atoms with van der Waals surface area (Å²) in [4.78, 5) is 2.34. The van der Waals surface area contributed by atoms with Gasteiger partial charge in [-0.05, 0) is 25.3 Å². The van der Waals surface area contributed by atoms with Gasteiger partial charge in [0.05, 0.1) is 0 Å². The Morgan fingerprint density at radius 2 is 2.22 bits per heavy atom. The highest BCUT2D eigenvalue weighted by atomic mass is 15.2. The van der Waals surface area contributed by atoms with E-state index in [4.69, 9.17) is 5.73 Å². The third-order valence-corrected chi connectivity index (χ3v) is 2.77. The highest BCUT2D eigenvalue weighted by molar-refractivity contribution is 5.07. The van der Waals surface area contributed by atoms with Crippen molar-refractivity contribution >= 4 is 0 Å². The first-order valence-corrected chi connectivity index (χ1v) is 3.67. The summed E-state index contributed by atoms with van der Waals surface area (Å²) in [7, 11) is 2.16. The molecule has 2 fully saturated rings. The van der Waals surface area contributed by atoms with E-state index in [2.05, 4.69) is 11.9 Å². The molecule has 1 saturated carbocycles. The van der Waals surface area contributed by atoms with E-state index in [1.54, 1.807) is 0 Å². The molecule has 2 rings (SSSR count). The van der Waals surface area contributed by atoms with E-state index in [0.717, 1.165) is 6.54 Å². The van der Waals surface area contributed by atoms with Crippen molar-refractivity contribution in [3.8, 4) is 0 Å². The summed E-state index contributed by atoms with van der Waals surface area (Å²) in [6.07, 6.45) is 2.75. The van der Waals surface area contributed by atoms with Crippen LogP contribution in [0.15, 0.2) is 0 Å². The zero-order chi connectivity index (χ0) is 6.48. The van der Waals surface area contributed by atoms with Crippen molar-refractivity contribution in [2.75, 3.05) is 20.1 Å². The average Bonchev–Trinajstić information content (AvgIpc) is 2.42. The van der Waals surface area contributed by atoms with E-state index < -0.39 is 0 Å². The molecule has 0 aromatic rings. The van der Waals surface area contributed by atoms with Gasteiger partial charge in [-0.3, -0.25) is 0 Å². The van der Waals surface area contributed by atoms with Crippen molar-refractivity contribution in [2.45, 2.75) is 18.9 Å². The summed E-state index contributed by atoms with van der Waals surface area (Å²) in [5.41, 5.74) is 6.50. The molecule has 52 valence electrons. The fourth-order valence-corrected chi connectivity index (χ4v) is 1.94. The summed E-state index contributed by atoms with van der Waals surface area (Å²) in [6, 6.07) is 0.475. The van der Waals surface area contributed by atoms with Crippen LogP contribution in [0.25, 0.3) is 0 Å². The number of nitrogens with zero attached hydrogens (tertiary/aromatic N) is 1. The summed E-state index contributed by atoms with van der Waals surface area (Å²) in [5, 5.41) is 0. The first kappa shape index (κ1) is 5.69. The minimum Gasteiger partial charge on any atom is -0.326 e. The number of rotatable bonds is 0. The fraction of sp³-hybridized carbons (Fsp3) is 1.00. The molecule has 1 aliphatic carbocycles. The number of hydrogen-bond acceptors (Lipinski definition) is 2. The molecule has 0 aromatic heterocycles. The van der Waals surface area contributed by atoms with E-state index in [1.165, 1.54) is 19.4 Å². The van der Waals surface area contributed by atoms with E-state index >= 15 is 0 Å². The van der Waals surface area contributed by atoms with E-state index in [9.17, 15) is 0 Å². The van der Waals surface area contributed by atoms with Gasteiger partial charge in [-0.25, -0.2) is 0 Å². The summed E-state index contributed by atoms with van der Waals surface area (Å²) >= 11 is 0. The normalized spacial score (nSPS) is 40.0. The van der Waals surface area contributed by atoms with Crippen LogP contribution < -0.4 is 5.73 Å². The molecule has 0 aromatic carbocycles. The first-order valence-electron chi connectivity index (χ1n) is 3.67. The molecular weight excluding hydrogens is 112 g/mol. The molecule has 2 aliphatic rings. The lowest BCUT2D eigenvalue weighted by atomic mass is 10.0. The third-order valence-electron chi connectivity index (χ3n) is 2.77. The molecule has 1 atom stereocenters. The quantitative estimate of drug-likeness (QED) is 0.496. The van der Waals surface area contributed by atoms with Crippen LogP contribution in [0.5, 0.6) is 0 Å². The van der Waals surface area contributed by atoms with Crippen molar-refractivity contribution in [1.82, 2.24) is 4.90 Å². The monoisotopic (exact) mass is 126 g/mol. The van der Waals surface area contributed by atoms with Crippen LogP contribution in [0.1, 0.15) is 12.8 Å². The Balaban J connectivity index is 2.10. The standard InChI is InChI=1S/C7H14N2/c1-9-4-6(8)7(5-9)2-3-7/h6H,2-5,8H2,1H3. The minimum absolute atomic E-state index is 0.475. The van der Waals surface area contributed by atoms with Crippen LogP contribution in [0.4, 0.5) is 0 Å². The number of nitrogens with two attached hydrogens (primary N) is 1. The predicted molar refractivity (Wildman–Crippen MR) is 37.1 cm³/mol. The van der Waals surface area contributed by atoms with Crippen molar-refractivity contribution in [3.63, 3.8) is 0 Å². The Morgan fingerprint density at radius 1 is 1.56 bits per heavy atom. The van der Waals surface area contributed by atoms with Crippen LogP contribution in [-0.4, -0.2) is 31.1 Å². The predicted octanol–water partition coefficient (Wildman–Crippen LogP) is 0.0393. The molecule has 1 heterocycles. The summed E-state index contributed by atoms with van der Waals surface area (Å²) in [6.45, 7) is 2.36. The molecule has 1 unspecified atom stereocenters. The Kier molecular flexibility index (Phi) is 0.945. The maximum atomic E-state index is 5.92. The second-order valence-corrected chi connectivity index (χ2v) is 3.67. The zero-order valence-electron chi connectivity index (χ0n) is 5.93. The largest absolute Gasteiger partial charge is 0.326 e. The lowest BCUT2D eigenvalue weighted by molar-refractivity contribution is 0.389. The fourth-order valence-electron chi connectivity index (χ4n) is 1.94. The molecule has 2 heteroatoms. The van der Waals surface area contributed by atoms with Gasteiger partial charge in [-0.1, -0.05) is 0 Å². The van der Waals surface area contributed by atoms with Gasteiger partial charge in [0, 0.05) is 19.1 Å². The van der Waals surface area contributed by atoms with Gasteiger partial charge in [0.1, 0.15) is 0 Å². The lowest BCUT2D eigenvalue weighted by Crippen LogP contribution is -2.30. The Labute approximate surface area is 56.0 Å². The van der Waals surface area contributed by atoms with Crippen LogP contribution >= 0.6 is 0 Å². The molecule has 1 saturated heterocycles. The van der Waals surface area contributed by atoms with Gasteiger partial charge in [0.15, 0.2) is 0 Å². The maximum absolute atomic E-state index is 5.92. The second-order valence-electron chi connectivity index (χ2n) is 3.67. The van der Waals surface area contributed by atoms with Gasteiger partial charge in [-0.15, -0.1) is 0 Å². The molecule has 9 heavy (non-hydrogen) atoms. The van der Waals surface area contributed by atoms with Gasteiger partial charge in [0.2, 0.25) is 0 Å². The molecular formula is C7H14N2. The number of likely N-dealkylation sites (tertiary alicyclic amines) is 1. The maximum Gasteiger partial charge on any atom is 0.0237 e. The molecule has 0 bridgehead atoms. The van der Waals surface area contributed by atoms with Crippen LogP contribution in [0.2, 0.25) is 0 Å². The Morgan fingerprint density at radius 3 is 2.44 bits per heavy atom. The van der Waals surface area contributed by atoms with Gasteiger partial charge >= 0.3 is 0 Å². The highest BCUT2D eigenvalue weighted by Gasteiger charge is 2.52. The van der Waals surface area contributed by atoms with Crippen molar-refractivity contribution in [2.24, 2.45) is 11.1 Å². The van der Waals surface area contributed by atoms with Crippen molar-refractivity contribution in [1.29, 1.82) is 0 Å². The van der Waals surface area contributed by atoms with Gasteiger partial charge in [-0.2, -0.15) is 0 Å². The van der Waals surface area contributed by atoms with Crippen molar-refractivity contribution in [3.05, 3.63) is 0 Å². The van der Waals surface area contributed by atoms with Crippen LogP contribution in [0.3, 0.4) is 0 Å².